The molecular weight excluding hydrogens is 192 g/mol. The fourth-order valence-corrected chi connectivity index (χ4v) is 1.82. The Morgan fingerprint density at radius 1 is 1.80 bits per heavy atom. The van der Waals surface area contributed by atoms with E-state index < -0.39 is 6.03 Å². The molecule has 0 aliphatic heterocycles. The maximum atomic E-state index is 10.4. The number of fused-ring (bicyclic) bond motifs is 1. The lowest BCUT2D eigenvalue weighted by Crippen LogP contribution is -2.32. The molecule has 2 amide bonds. The van der Waals surface area contributed by atoms with E-state index in [9.17, 15) is 4.79 Å². The maximum absolute atomic E-state index is 10.4. The van der Waals surface area contributed by atoms with Crippen molar-refractivity contribution in [2.24, 2.45) is 17.1 Å². The highest BCUT2D eigenvalue weighted by molar-refractivity contribution is 5.71. The van der Waals surface area contributed by atoms with Gasteiger partial charge in [0, 0.05) is 0 Å². The number of hydrogen-bond acceptors (Lipinski definition) is 2. The van der Waals surface area contributed by atoms with Crippen molar-refractivity contribution in [3.8, 4) is 0 Å². The van der Waals surface area contributed by atoms with Crippen molar-refractivity contribution in [2.75, 3.05) is 13.2 Å². The number of carbonyl (C=O) groups is 1. The third-order valence-corrected chi connectivity index (χ3v) is 3.01. The van der Waals surface area contributed by atoms with Crippen molar-refractivity contribution in [1.29, 1.82) is 0 Å². The van der Waals surface area contributed by atoms with Gasteiger partial charge in [-0.05, 0) is 29.9 Å². The number of hydrogen-bond donors (Lipinski definition) is 2. The van der Waals surface area contributed by atoms with Gasteiger partial charge in [0.15, 0.2) is 0 Å². The van der Waals surface area contributed by atoms with E-state index in [1.807, 2.05) is 6.08 Å². The minimum atomic E-state index is -0.512. The maximum Gasteiger partial charge on any atom is 0.312 e. The van der Waals surface area contributed by atoms with E-state index in [-0.39, 0.29) is 0 Å². The van der Waals surface area contributed by atoms with Crippen LogP contribution in [0, 0.1) is 11.3 Å². The molecule has 82 valence electrons. The summed E-state index contributed by atoms with van der Waals surface area (Å²) in [6, 6.07) is -0.512. The van der Waals surface area contributed by atoms with Gasteiger partial charge in [-0.25, -0.2) is 4.79 Å². The van der Waals surface area contributed by atoms with Crippen LogP contribution < -0.4 is 11.1 Å². The van der Waals surface area contributed by atoms with Gasteiger partial charge in [0.05, 0.1) is 6.54 Å². The molecule has 0 saturated heterocycles. The lowest BCUT2D eigenvalue weighted by atomic mass is 10.0. The second-order valence-corrected chi connectivity index (χ2v) is 4.36. The zero-order valence-electron chi connectivity index (χ0n) is 8.82. The zero-order valence-corrected chi connectivity index (χ0v) is 8.82. The van der Waals surface area contributed by atoms with Gasteiger partial charge in [-0.15, -0.1) is 0 Å². The molecule has 2 atom stereocenters. The van der Waals surface area contributed by atoms with Crippen LogP contribution in [0.1, 0.15) is 13.3 Å². The Morgan fingerprint density at radius 3 is 3.27 bits per heavy atom. The van der Waals surface area contributed by atoms with E-state index in [1.54, 1.807) is 0 Å². The number of allylic oxidation sites excluding steroid dienone is 3. The normalized spacial score (nSPS) is 31.5. The molecule has 0 spiro atoms. The van der Waals surface area contributed by atoms with Gasteiger partial charge in [0.25, 0.3) is 0 Å². The molecule has 4 nitrogen and oxygen atoms in total. The molecule has 2 unspecified atom stereocenters. The van der Waals surface area contributed by atoms with Gasteiger partial charge in [0.2, 0.25) is 0 Å². The van der Waals surface area contributed by atoms with Crippen molar-refractivity contribution in [3.63, 3.8) is 0 Å². The van der Waals surface area contributed by atoms with Gasteiger partial charge in [-0.1, -0.05) is 13.0 Å². The average Bonchev–Trinajstić information content (AvgIpc) is 2.83. The van der Waals surface area contributed by atoms with Gasteiger partial charge in [-0.2, -0.15) is 0 Å². The standard InChI is InChI=1S/C11H16N2O2/c1-11-3-2-9(6-8(11)7-11)15-5-4-13-10(12)14/h2-3,6,8H,4-5,7H2,1H3,(H3,12,13,14). The molecule has 0 radical (unpaired) electrons. The van der Waals surface area contributed by atoms with Crippen LogP contribution in [0.3, 0.4) is 0 Å². The Bertz CT molecular complexity index is 335. The summed E-state index contributed by atoms with van der Waals surface area (Å²) in [5, 5.41) is 2.48. The first-order chi connectivity index (χ1) is 7.10. The Hall–Kier alpha value is -1.45. The van der Waals surface area contributed by atoms with Gasteiger partial charge >= 0.3 is 6.03 Å². The van der Waals surface area contributed by atoms with Gasteiger partial charge < -0.3 is 15.8 Å². The number of amides is 2. The van der Waals surface area contributed by atoms with Crippen LogP contribution in [0.4, 0.5) is 4.79 Å². The predicted molar refractivity (Wildman–Crippen MR) is 57.0 cm³/mol. The number of primary amides is 1. The topological polar surface area (TPSA) is 64.3 Å². The van der Waals surface area contributed by atoms with Crippen molar-refractivity contribution >= 4 is 6.03 Å². The van der Waals surface area contributed by atoms with E-state index >= 15 is 0 Å². The molecular formula is C11H16N2O2. The van der Waals surface area contributed by atoms with Crippen molar-refractivity contribution in [2.45, 2.75) is 13.3 Å². The summed E-state index contributed by atoms with van der Waals surface area (Å²) < 4.78 is 5.48. The van der Waals surface area contributed by atoms with Crippen LogP contribution >= 0.6 is 0 Å². The van der Waals surface area contributed by atoms with Gasteiger partial charge in [-0.3, -0.25) is 0 Å². The van der Waals surface area contributed by atoms with Crippen molar-refractivity contribution < 1.29 is 9.53 Å². The Morgan fingerprint density at radius 2 is 2.60 bits per heavy atom. The molecule has 0 heterocycles. The minimum Gasteiger partial charge on any atom is -0.492 e. The molecule has 2 rings (SSSR count). The largest absolute Gasteiger partial charge is 0.492 e. The lowest BCUT2D eigenvalue weighted by Gasteiger charge is -2.12. The average molecular weight is 208 g/mol. The number of nitrogens with two attached hydrogens (primary N) is 1. The first-order valence-corrected chi connectivity index (χ1v) is 5.17. The molecule has 3 N–H and O–H groups in total. The molecule has 4 heteroatoms. The molecule has 2 aliphatic carbocycles. The number of nitrogens with one attached hydrogen (secondary N) is 1. The van der Waals surface area contributed by atoms with E-state index in [0.29, 0.717) is 24.5 Å². The molecule has 0 aromatic carbocycles. The van der Waals surface area contributed by atoms with E-state index in [2.05, 4.69) is 24.4 Å². The Balaban J connectivity index is 1.71. The molecule has 0 bridgehead atoms. The Labute approximate surface area is 89.2 Å². The minimum absolute atomic E-state index is 0.387. The summed E-state index contributed by atoms with van der Waals surface area (Å²) in [5.74, 6) is 1.54. The van der Waals surface area contributed by atoms with Crippen LogP contribution in [-0.2, 0) is 4.74 Å². The third-order valence-electron chi connectivity index (χ3n) is 3.01. The summed E-state index contributed by atoms with van der Waals surface area (Å²) in [6.07, 6.45) is 7.59. The Kier molecular flexibility index (Phi) is 2.42. The van der Waals surface area contributed by atoms with Gasteiger partial charge in [0.1, 0.15) is 12.4 Å². The van der Waals surface area contributed by atoms with Crippen molar-refractivity contribution in [3.05, 3.63) is 24.0 Å². The highest BCUT2D eigenvalue weighted by atomic mass is 16.5. The molecule has 2 aliphatic rings. The van der Waals surface area contributed by atoms with Crippen LogP contribution in [0.25, 0.3) is 0 Å². The van der Waals surface area contributed by atoms with Crippen molar-refractivity contribution in [1.82, 2.24) is 5.32 Å². The SMILES string of the molecule is CC12C=CC(OCCNC(N)=O)=CC1C2. The quantitative estimate of drug-likeness (QED) is 0.681. The van der Waals surface area contributed by atoms with Crippen LogP contribution in [0.2, 0.25) is 0 Å². The smallest absolute Gasteiger partial charge is 0.312 e. The molecule has 1 fully saturated rings. The summed E-state index contributed by atoms with van der Waals surface area (Å²) in [7, 11) is 0. The number of carbonyl (C=O) groups excluding carboxylic acids is 1. The first-order valence-electron chi connectivity index (χ1n) is 5.17. The van der Waals surface area contributed by atoms with E-state index in [0.717, 1.165) is 5.76 Å². The molecule has 15 heavy (non-hydrogen) atoms. The van der Waals surface area contributed by atoms with E-state index in [1.165, 1.54) is 6.42 Å². The summed E-state index contributed by atoms with van der Waals surface area (Å²) in [5.41, 5.74) is 5.31. The second kappa shape index (κ2) is 3.61. The number of ether oxygens (including phenoxy) is 1. The zero-order chi connectivity index (χ0) is 10.9. The molecule has 0 aromatic heterocycles. The highest BCUT2D eigenvalue weighted by Gasteiger charge is 2.48. The third kappa shape index (κ3) is 2.32. The fraction of sp³-hybridized carbons (Fsp3) is 0.545. The number of rotatable bonds is 4. The summed E-state index contributed by atoms with van der Waals surface area (Å²) in [6.45, 7) is 3.15. The second-order valence-electron chi connectivity index (χ2n) is 4.36. The lowest BCUT2D eigenvalue weighted by molar-refractivity contribution is 0.215. The fourth-order valence-electron chi connectivity index (χ4n) is 1.82. The summed E-state index contributed by atoms with van der Waals surface area (Å²) in [4.78, 5) is 10.4. The predicted octanol–water partition coefficient (Wildman–Crippen LogP) is 1.15. The molecule has 1 saturated carbocycles. The van der Waals surface area contributed by atoms with Crippen LogP contribution in [0.5, 0.6) is 0 Å². The number of urea groups is 1. The molecule has 0 aromatic rings. The highest BCUT2D eigenvalue weighted by Crippen LogP contribution is 2.56. The van der Waals surface area contributed by atoms with E-state index in [4.69, 9.17) is 10.5 Å². The van der Waals surface area contributed by atoms with Crippen LogP contribution in [0.15, 0.2) is 24.0 Å². The monoisotopic (exact) mass is 208 g/mol. The van der Waals surface area contributed by atoms with Crippen LogP contribution in [-0.4, -0.2) is 19.2 Å². The first kappa shape index (κ1) is 10.1. The summed E-state index contributed by atoms with van der Waals surface area (Å²) >= 11 is 0.